The Kier molecular flexibility index (Phi) is 8.25. The highest BCUT2D eigenvalue weighted by Crippen LogP contribution is 2.09. The van der Waals surface area contributed by atoms with Crippen LogP contribution in [0.1, 0.15) is 11.1 Å². The predicted octanol–water partition coefficient (Wildman–Crippen LogP) is 3.54. The zero-order chi connectivity index (χ0) is 18.2. The van der Waals surface area contributed by atoms with Gasteiger partial charge in [-0.2, -0.15) is 5.10 Å². The number of hydrogen-bond donors (Lipinski definition) is 2. The van der Waals surface area contributed by atoms with Crippen LogP contribution in [0.5, 0.6) is 0 Å². The first kappa shape index (κ1) is 20.9. The molecule has 0 saturated heterocycles. The summed E-state index contributed by atoms with van der Waals surface area (Å²) < 4.78 is 15.5. The fourth-order valence-corrected chi connectivity index (χ4v) is 2.65. The van der Waals surface area contributed by atoms with Crippen LogP contribution in [0.15, 0.2) is 72.0 Å². The summed E-state index contributed by atoms with van der Waals surface area (Å²) in [7, 11) is 1.72. The van der Waals surface area contributed by atoms with Crippen molar-refractivity contribution in [2.24, 2.45) is 4.99 Å². The molecule has 0 bridgehead atoms. The van der Waals surface area contributed by atoms with Gasteiger partial charge in [0.05, 0.1) is 5.69 Å². The number of guanidine groups is 1. The van der Waals surface area contributed by atoms with Gasteiger partial charge in [0.1, 0.15) is 5.82 Å². The standard InChI is InChI=1S/C20H22FN5.HI/c1-22-20(23-12-10-17-7-2-3-9-19(17)21)24-15-16-6-4-8-18(14-16)26-13-5-11-25-26;/h2-9,11,13-14H,10,12,15H2,1H3,(H2,22,23,24);1H. The molecule has 0 unspecified atom stereocenters. The minimum Gasteiger partial charge on any atom is -0.356 e. The summed E-state index contributed by atoms with van der Waals surface area (Å²) in [5.74, 6) is 0.513. The van der Waals surface area contributed by atoms with Crippen LogP contribution in [0.3, 0.4) is 0 Å². The number of nitrogens with zero attached hydrogens (tertiary/aromatic N) is 3. The van der Waals surface area contributed by atoms with Crippen LogP contribution in [-0.2, 0) is 13.0 Å². The highest BCUT2D eigenvalue weighted by molar-refractivity contribution is 14.0. The molecular formula is C20H23FIN5. The second-order valence-corrected chi connectivity index (χ2v) is 5.81. The first-order valence-corrected chi connectivity index (χ1v) is 8.53. The summed E-state index contributed by atoms with van der Waals surface area (Å²) in [6.07, 6.45) is 4.27. The van der Waals surface area contributed by atoms with Gasteiger partial charge in [0.25, 0.3) is 0 Å². The van der Waals surface area contributed by atoms with Crippen LogP contribution < -0.4 is 10.6 Å². The smallest absolute Gasteiger partial charge is 0.191 e. The first-order chi connectivity index (χ1) is 12.8. The van der Waals surface area contributed by atoms with Crippen molar-refractivity contribution in [3.8, 4) is 5.69 Å². The van der Waals surface area contributed by atoms with Gasteiger partial charge in [0, 0.05) is 32.5 Å². The number of rotatable bonds is 6. The summed E-state index contributed by atoms with van der Waals surface area (Å²) in [4.78, 5) is 4.21. The quantitative estimate of drug-likeness (QED) is 0.323. The number of aromatic nitrogens is 2. The van der Waals surface area contributed by atoms with E-state index in [1.54, 1.807) is 25.4 Å². The van der Waals surface area contributed by atoms with E-state index in [1.807, 2.05) is 41.2 Å². The third-order valence-electron chi connectivity index (χ3n) is 4.01. The molecule has 0 fully saturated rings. The zero-order valence-electron chi connectivity index (χ0n) is 15.1. The largest absolute Gasteiger partial charge is 0.356 e. The SMILES string of the molecule is CN=C(NCCc1ccccc1F)NCc1cccc(-n2cccn2)c1.I. The van der Waals surface area contributed by atoms with Crippen molar-refractivity contribution in [3.63, 3.8) is 0 Å². The topological polar surface area (TPSA) is 54.2 Å². The molecule has 3 aromatic rings. The normalized spacial score (nSPS) is 11.0. The molecule has 0 aliphatic carbocycles. The van der Waals surface area contributed by atoms with Crippen molar-refractivity contribution in [2.45, 2.75) is 13.0 Å². The number of aliphatic imine (C=N–C) groups is 1. The highest BCUT2D eigenvalue weighted by Gasteiger charge is 2.03. The lowest BCUT2D eigenvalue weighted by Gasteiger charge is -2.13. The van der Waals surface area contributed by atoms with Gasteiger partial charge >= 0.3 is 0 Å². The van der Waals surface area contributed by atoms with E-state index in [9.17, 15) is 4.39 Å². The van der Waals surface area contributed by atoms with Gasteiger partial charge in [0.2, 0.25) is 0 Å². The van der Waals surface area contributed by atoms with E-state index in [-0.39, 0.29) is 29.8 Å². The monoisotopic (exact) mass is 479 g/mol. The predicted molar refractivity (Wildman–Crippen MR) is 117 cm³/mol. The Morgan fingerprint density at radius 1 is 1.11 bits per heavy atom. The second kappa shape index (κ2) is 10.7. The van der Waals surface area contributed by atoms with Crippen molar-refractivity contribution >= 4 is 29.9 Å². The Balaban J connectivity index is 0.00000261. The summed E-state index contributed by atoms with van der Waals surface area (Å²) in [5.41, 5.74) is 2.83. The third-order valence-corrected chi connectivity index (χ3v) is 4.01. The maximum atomic E-state index is 13.6. The Bertz CT molecular complexity index is 864. The highest BCUT2D eigenvalue weighted by atomic mass is 127. The maximum absolute atomic E-state index is 13.6. The lowest BCUT2D eigenvalue weighted by molar-refractivity contribution is 0.606. The van der Waals surface area contributed by atoms with Gasteiger partial charge in [-0.1, -0.05) is 30.3 Å². The van der Waals surface area contributed by atoms with Gasteiger partial charge < -0.3 is 10.6 Å². The minimum absolute atomic E-state index is 0. The van der Waals surface area contributed by atoms with Gasteiger partial charge in [0.15, 0.2) is 5.96 Å². The molecule has 27 heavy (non-hydrogen) atoms. The number of hydrogen-bond acceptors (Lipinski definition) is 2. The van der Waals surface area contributed by atoms with E-state index in [0.29, 0.717) is 31.0 Å². The van der Waals surface area contributed by atoms with Gasteiger partial charge in [-0.25, -0.2) is 9.07 Å². The first-order valence-electron chi connectivity index (χ1n) is 8.53. The number of benzene rings is 2. The average Bonchev–Trinajstić information content (AvgIpc) is 3.21. The number of nitrogens with one attached hydrogen (secondary N) is 2. The van der Waals surface area contributed by atoms with Crippen LogP contribution in [0, 0.1) is 5.82 Å². The van der Waals surface area contributed by atoms with E-state index < -0.39 is 0 Å². The van der Waals surface area contributed by atoms with E-state index in [0.717, 1.165) is 11.3 Å². The summed E-state index contributed by atoms with van der Waals surface area (Å²) in [6.45, 7) is 1.24. The molecule has 0 aliphatic rings. The molecule has 3 rings (SSSR count). The van der Waals surface area contributed by atoms with Crippen LogP contribution in [0.2, 0.25) is 0 Å². The average molecular weight is 479 g/mol. The van der Waals surface area contributed by atoms with Gasteiger partial charge in [-0.05, 0) is 41.8 Å². The Morgan fingerprint density at radius 3 is 2.70 bits per heavy atom. The van der Waals surface area contributed by atoms with Crippen molar-refractivity contribution in [1.29, 1.82) is 0 Å². The minimum atomic E-state index is -0.173. The Morgan fingerprint density at radius 2 is 1.96 bits per heavy atom. The molecule has 0 atom stereocenters. The van der Waals surface area contributed by atoms with Crippen molar-refractivity contribution in [3.05, 3.63) is 83.9 Å². The van der Waals surface area contributed by atoms with E-state index >= 15 is 0 Å². The maximum Gasteiger partial charge on any atom is 0.191 e. The van der Waals surface area contributed by atoms with Crippen LogP contribution in [0.25, 0.3) is 5.69 Å². The van der Waals surface area contributed by atoms with Crippen LogP contribution in [0.4, 0.5) is 4.39 Å². The summed E-state index contributed by atoms with van der Waals surface area (Å²) in [5, 5.41) is 10.7. The molecule has 0 amide bonds. The van der Waals surface area contributed by atoms with E-state index in [2.05, 4.69) is 26.8 Å². The molecule has 2 aromatic carbocycles. The van der Waals surface area contributed by atoms with Crippen LogP contribution in [-0.4, -0.2) is 29.3 Å². The van der Waals surface area contributed by atoms with Gasteiger partial charge in [-0.15, -0.1) is 24.0 Å². The van der Waals surface area contributed by atoms with E-state index in [1.165, 1.54) is 6.07 Å². The fraction of sp³-hybridized carbons (Fsp3) is 0.200. The van der Waals surface area contributed by atoms with Gasteiger partial charge in [-0.3, -0.25) is 4.99 Å². The molecule has 0 saturated carbocycles. The number of halogens is 2. The van der Waals surface area contributed by atoms with Crippen molar-refractivity contribution in [2.75, 3.05) is 13.6 Å². The molecule has 0 aliphatic heterocycles. The Hall–Kier alpha value is -2.42. The fourth-order valence-electron chi connectivity index (χ4n) is 2.65. The zero-order valence-corrected chi connectivity index (χ0v) is 17.4. The van der Waals surface area contributed by atoms with Crippen molar-refractivity contribution < 1.29 is 4.39 Å². The lowest BCUT2D eigenvalue weighted by Crippen LogP contribution is -2.37. The second-order valence-electron chi connectivity index (χ2n) is 5.81. The molecule has 2 N–H and O–H groups in total. The van der Waals surface area contributed by atoms with Crippen molar-refractivity contribution in [1.82, 2.24) is 20.4 Å². The molecule has 1 heterocycles. The molecular weight excluding hydrogens is 456 g/mol. The molecule has 1 aromatic heterocycles. The molecule has 5 nitrogen and oxygen atoms in total. The summed E-state index contributed by atoms with van der Waals surface area (Å²) >= 11 is 0. The molecule has 0 spiro atoms. The molecule has 7 heteroatoms. The molecule has 0 radical (unpaired) electrons. The Labute approximate surface area is 175 Å². The molecule has 142 valence electrons. The lowest BCUT2D eigenvalue weighted by atomic mass is 10.1. The summed E-state index contributed by atoms with van der Waals surface area (Å²) in [6, 6.07) is 16.9. The van der Waals surface area contributed by atoms with Crippen LogP contribution >= 0.6 is 24.0 Å². The van der Waals surface area contributed by atoms with E-state index in [4.69, 9.17) is 0 Å². The third kappa shape index (κ3) is 6.06.